The molecule has 0 radical (unpaired) electrons. The van der Waals surface area contributed by atoms with E-state index in [1.165, 1.54) is 0 Å². The molecule has 0 unspecified atom stereocenters. The molecule has 0 atom stereocenters. The lowest BCUT2D eigenvalue weighted by molar-refractivity contribution is 0.477. The number of ether oxygens (including phenoxy) is 1. The molecule has 0 aliphatic carbocycles. The standard InChI is InChI=1S/C14H15NO/c1-10-6-5-7-11(2)14(10)16-13-9-4-3-8-12(13)15/h3-9H,15H2,1-2H3. The van der Waals surface area contributed by atoms with Crippen LogP contribution in [0.15, 0.2) is 42.5 Å². The number of nitrogens with two attached hydrogens (primary N) is 1. The minimum absolute atomic E-state index is 0.658. The van der Waals surface area contributed by atoms with Crippen LogP contribution in [0, 0.1) is 13.8 Å². The Morgan fingerprint density at radius 2 is 1.50 bits per heavy atom. The lowest BCUT2D eigenvalue weighted by Crippen LogP contribution is -1.94. The van der Waals surface area contributed by atoms with Crippen molar-refractivity contribution < 1.29 is 4.74 Å². The van der Waals surface area contributed by atoms with Crippen molar-refractivity contribution in [2.45, 2.75) is 13.8 Å². The second kappa shape index (κ2) is 4.27. The summed E-state index contributed by atoms with van der Waals surface area (Å²) in [6.07, 6.45) is 0. The van der Waals surface area contributed by atoms with Crippen molar-refractivity contribution in [3.8, 4) is 11.5 Å². The molecule has 0 aliphatic rings. The summed E-state index contributed by atoms with van der Waals surface area (Å²) in [5, 5.41) is 0. The highest BCUT2D eigenvalue weighted by atomic mass is 16.5. The number of benzene rings is 2. The van der Waals surface area contributed by atoms with Crippen LogP contribution in [0.1, 0.15) is 11.1 Å². The van der Waals surface area contributed by atoms with E-state index in [9.17, 15) is 0 Å². The normalized spacial score (nSPS) is 10.1. The molecule has 2 rings (SSSR count). The zero-order chi connectivity index (χ0) is 11.5. The fourth-order valence-corrected chi connectivity index (χ4v) is 1.64. The summed E-state index contributed by atoms with van der Waals surface area (Å²) in [5.41, 5.74) is 8.73. The van der Waals surface area contributed by atoms with Crippen LogP contribution in [0.3, 0.4) is 0 Å². The molecular formula is C14H15NO. The predicted octanol–water partition coefficient (Wildman–Crippen LogP) is 3.68. The van der Waals surface area contributed by atoms with Crippen LogP contribution in [0.4, 0.5) is 5.69 Å². The monoisotopic (exact) mass is 213 g/mol. The van der Waals surface area contributed by atoms with Gasteiger partial charge in [-0.25, -0.2) is 0 Å². The molecule has 0 spiro atoms. The van der Waals surface area contributed by atoms with Gasteiger partial charge >= 0.3 is 0 Å². The van der Waals surface area contributed by atoms with Gasteiger partial charge in [0.05, 0.1) is 5.69 Å². The van der Waals surface area contributed by atoms with Crippen molar-refractivity contribution in [3.63, 3.8) is 0 Å². The highest BCUT2D eigenvalue weighted by Gasteiger charge is 2.06. The lowest BCUT2D eigenvalue weighted by atomic mass is 10.1. The van der Waals surface area contributed by atoms with Gasteiger partial charge < -0.3 is 10.5 Å². The van der Waals surface area contributed by atoms with Crippen LogP contribution in [0.2, 0.25) is 0 Å². The minimum atomic E-state index is 0.658. The van der Waals surface area contributed by atoms with E-state index in [2.05, 4.69) is 0 Å². The second-order valence-electron chi connectivity index (χ2n) is 3.86. The fraction of sp³-hybridized carbons (Fsp3) is 0.143. The Kier molecular flexibility index (Phi) is 2.82. The predicted molar refractivity (Wildman–Crippen MR) is 66.8 cm³/mol. The van der Waals surface area contributed by atoms with E-state index < -0.39 is 0 Å². The van der Waals surface area contributed by atoms with Gasteiger partial charge in [-0.3, -0.25) is 0 Å². The highest BCUT2D eigenvalue weighted by molar-refractivity contribution is 5.55. The molecule has 2 aromatic carbocycles. The first-order valence-electron chi connectivity index (χ1n) is 5.27. The second-order valence-corrected chi connectivity index (χ2v) is 3.86. The number of hydrogen-bond donors (Lipinski definition) is 1. The Balaban J connectivity index is 2.38. The smallest absolute Gasteiger partial charge is 0.150 e. The van der Waals surface area contributed by atoms with Gasteiger partial charge in [-0.1, -0.05) is 30.3 Å². The summed E-state index contributed by atoms with van der Waals surface area (Å²) >= 11 is 0. The maximum absolute atomic E-state index is 5.85. The topological polar surface area (TPSA) is 35.2 Å². The maximum Gasteiger partial charge on any atom is 0.150 e. The Hall–Kier alpha value is -1.96. The molecule has 0 fully saturated rings. The number of rotatable bonds is 2. The molecule has 0 heterocycles. The summed E-state index contributed by atoms with van der Waals surface area (Å²) in [4.78, 5) is 0. The molecule has 2 nitrogen and oxygen atoms in total. The Morgan fingerprint density at radius 3 is 2.12 bits per heavy atom. The molecule has 0 bridgehead atoms. The number of anilines is 1. The molecule has 0 saturated carbocycles. The largest absolute Gasteiger partial charge is 0.455 e. The molecule has 2 aromatic rings. The van der Waals surface area contributed by atoms with E-state index >= 15 is 0 Å². The van der Waals surface area contributed by atoms with Crippen molar-refractivity contribution in [1.29, 1.82) is 0 Å². The van der Waals surface area contributed by atoms with E-state index in [0.29, 0.717) is 11.4 Å². The quantitative estimate of drug-likeness (QED) is 0.772. The van der Waals surface area contributed by atoms with Crippen molar-refractivity contribution in [2.24, 2.45) is 0 Å². The van der Waals surface area contributed by atoms with Gasteiger partial charge in [-0.05, 0) is 37.1 Å². The number of aryl methyl sites for hydroxylation is 2. The Labute approximate surface area is 95.7 Å². The van der Waals surface area contributed by atoms with Gasteiger partial charge in [0, 0.05) is 0 Å². The third kappa shape index (κ3) is 2.01. The van der Waals surface area contributed by atoms with Gasteiger partial charge in [-0.2, -0.15) is 0 Å². The molecule has 0 aromatic heterocycles. The first kappa shape index (κ1) is 10.6. The van der Waals surface area contributed by atoms with Gasteiger partial charge in [0.25, 0.3) is 0 Å². The van der Waals surface area contributed by atoms with Gasteiger partial charge in [0.2, 0.25) is 0 Å². The summed E-state index contributed by atoms with van der Waals surface area (Å²) in [6.45, 7) is 4.06. The van der Waals surface area contributed by atoms with E-state index in [0.717, 1.165) is 16.9 Å². The van der Waals surface area contributed by atoms with Crippen molar-refractivity contribution >= 4 is 5.69 Å². The fourth-order valence-electron chi connectivity index (χ4n) is 1.64. The van der Waals surface area contributed by atoms with Gasteiger partial charge in [-0.15, -0.1) is 0 Å². The van der Waals surface area contributed by atoms with Gasteiger partial charge in [0.15, 0.2) is 0 Å². The Bertz CT molecular complexity index is 486. The molecule has 0 aliphatic heterocycles. The van der Waals surface area contributed by atoms with Crippen LogP contribution in [-0.2, 0) is 0 Å². The molecule has 16 heavy (non-hydrogen) atoms. The summed E-state index contributed by atoms with van der Waals surface area (Å²) in [5.74, 6) is 1.60. The van der Waals surface area contributed by atoms with Crippen molar-refractivity contribution in [2.75, 3.05) is 5.73 Å². The van der Waals surface area contributed by atoms with Crippen LogP contribution in [0.25, 0.3) is 0 Å². The van der Waals surface area contributed by atoms with Crippen LogP contribution in [0.5, 0.6) is 11.5 Å². The average molecular weight is 213 g/mol. The van der Waals surface area contributed by atoms with Crippen LogP contribution >= 0.6 is 0 Å². The molecule has 82 valence electrons. The van der Waals surface area contributed by atoms with E-state index in [1.807, 2.05) is 56.3 Å². The SMILES string of the molecule is Cc1cccc(C)c1Oc1ccccc1N. The number of para-hydroxylation sites is 3. The van der Waals surface area contributed by atoms with Crippen molar-refractivity contribution in [1.82, 2.24) is 0 Å². The van der Waals surface area contributed by atoms with Crippen LogP contribution in [-0.4, -0.2) is 0 Å². The molecule has 2 heteroatoms. The number of nitrogen functional groups attached to an aromatic ring is 1. The van der Waals surface area contributed by atoms with Crippen molar-refractivity contribution in [3.05, 3.63) is 53.6 Å². The summed E-state index contributed by atoms with van der Waals surface area (Å²) < 4.78 is 5.85. The van der Waals surface area contributed by atoms with E-state index in [4.69, 9.17) is 10.5 Å². The first-order chi connectivity index (χ1) is 7.68. The molecule has 0 amide bonds. The summed E-state index contributed by atoms with van der Waals surface area (Å²) in [7, 11) is 0. The lowest BCUT2D eigenvalue weighted by Gasteiger charge is -2.12. The Morgan fingerprint density at radius 1 is 0.875 bits per heavy atom. The zero-order valence-electron chi connectivity index (χ0n) is 9.53. The molecular weight excluding hydrogens is 198 g/mol. The molecule has 2 N–H and O–H groups in total. The highest BCUT2D eigenvalue weighted by Crippen LogP contribution is 2.31. The summed E-state index contributed by atoms with van der Waals surface area (Å²) in [6, 6.07) is 13.6. The zero-order valence-corrected chi connectivity index (χ0v) is 9.53. The number of hydrogen-bond acceptors (Lipinski definition) is 2. The van der Waals surface area contributed by atoms with Crippen LogP contribution < -0.4 is 10.5 Å². The maximum atomic E-state index is 5.85. The third-order valence-electron chi connectivity index (χ3n) is 2.54. The van der Waals surface area contributed by atoms with E-state index in [1.54, 1.807) is 0 Å². The first-order valence-corrected chi connectivity index (χ1v) is 5.27. The third-order valence-corrected chi connectivity index (χ3v) is 2.54. The molecule has 0 saturated heterocycles. The average Bonchev–Trinajstić information content (AvgIpc) is 2.26. The van der Waals surface area contributed by atoms with E-state index in [-0.39, 0.29) is 0 Å². The minimum Gasteiger partial charge on any atom is -0.455 e. The van der Waals surface area contributed by atoms with Gasteiger partial charge in [0.1, 0.15) is 11.5 Å².